The molecule has 1 unspecified atom stereocenters. The van der Waals surface area contributed by atoms with Crippen molar-refractivity contribution in [3.63, 3.8) is 0 Å². The molecule has 0 aliphatic heterocycles. The third-order valence-electron chi connectivity index (χ3n) is 1.48. The van der Waals surface area contributed by atoms with Crippen molar-refractivity contribution < 1.29 is 19.1 Å². The number of hydrogen-bond donors (Lipinski definition) is 0. The number of halogens is 1. The molecule has 0 saturated carbocycles. The van der Waals surface area contributed by atoms with E-state index >= 15 is 0 Å². The first kappa shape index (κ1) is 14.4. The fourth-order valence-corrected chi connectivity index (χ4v) is 1.23. The van der Waals surface area contributed by atoms with Gasteiger partial charge in [-0.05, 0) is 5.92 Å². The molecule has 0 aliphatic rings. The summed E-state index contributed by atoms with van der Waals surface area (Å²) in [6.07, 6.45) is -0.348. The van der Waals surface area contributed by atoms with E-state index in [1.807, 2.05) is 13.8 Å². The van der Waals surface area contributed by atoms with Gasteiger partial charge in [-0.3, -0.25) is 9.59 Å². The molecule has 1 atom stereocenters. The van der Waals surface area contributed by atoms with Crippen molar-refractivity contribution in [1.82, 2.24) is 0 Å². The van der Waals surface area contributed by atoms with E-state index < -0.39 is 12.1 Å². The van der Waals surface area contributed by atoms with Crippen LogP contribution < -0.4 is 0 Å². The van der Waals surface area contributed by atoms with Gasteiger partial charge in [-0.15, -0.1) is 0 Å². The molecule has 0 spiro atoms. The zero-order chi connectivity index (χ0) is 11.8. The summed E-state index contributed by atoms with van der Waals surface area (Å²) >= 11 is 3.17. The Hall–Kier alpha value is -0.580. The Labute approximate surface area is 98.4 Å². The van der Waals surface area contributed by atoms with Gasteiger partial charge in [0.25, 0.3) is 0 Å². The maximum Gasteiger partial charge on any atom is 0.309 e. The first-order chi connectivity index (χ1) is 6.95. The predicted octanol–water partition coefficient (Wildman–Crippen LogP) is 1.90. The SMILES string of the molecule is CC(=O)OC(CBr)CC(=O)OCC(C)C. The van der Waals surface area contributed by atoms with E-state index in [2.05, 4.69) is 15.9 Å². The summed E-state index contributed by atoms with van der Waals surface area (Å²) in [5.41, 5.74) is 0. The van der Waals surface area contributed by atoms with Crippen molar-refractivity contribution in [3.05, 3.63) is 0 Å². The van der Waals surface area contributed by atoms with Crippen molar-refractivity contribution in [2.24, 2.45) is 5.92 Å². The van der Waals surface area contributed by atoms with Crippen LogP contribution in [0.5, 0.6) is 0 Å². The van der Waals surface area contributed by atoms with Crippen molar-refractivity contribution in [3.8, 4) is 0 Å². The van der Waals surface area contributed by atoms with Crippen LogP contribution in [-0.4, -0.2) is 30.0 Å². The molecule has 0 rings (SSSR count). The Morgan fingerprint density at radius 3 is 2.33 bits per heavy atom. The molecule has 0 N–H and O–H groups in total. The zero-order valence-electron chi connectivity index (χ0n) is 9.29. The van der Waals surface area contributed by atoms with Crippen molar-refractivity contribution in [2.45, 2.75) is 33.3 Å². The van der Waals surface area contributed by atoms with Gasteiger partial charge in [0.1, 0.15) is 6.10 Å². The van der Waals surface area contributed by atoms with Crippen molar-refractivity contribution in [1.29, 1.82) is 0 Å². The second-order valence-corrected chi connectivity index (χ2v) is 4.31. The third-order valence-corrected chi connectivity index (χ3v) is 2.20. The second-order valence-electron chi connectivity index (χ2n) is 3.67. The Bertz CT molecular complexity index is 215. The highest BCUT2D eigenvalue weighted by atomic mass is 79.9. The van der Waals surface area contributed by atoms with Gasteiger partial charge in [0.2, 0.25) is 0 Å². The van der Waals surface area contributed by atoms with Crippen LogP contribution in [0.15, 0.2) is 0 Å². The highest BCUT2D eigenvalue weighted by molar-refractivity contribution is 9.09. The van der Waals surface area contributed by atoms with E-state index in [1.165, 1.54) is 6.92 Å². The van der Waals surface area contributed by atoms with Crippen LogP contribution in [0.2, 0.25) is 0 Å². The Balaban J connectivity index is 3.85. The number of rotatable bonds is 6. The molecule has 0 aromatic heterocycles. The predicted molar refractivity (Wildman–Crippen MR) is 59.8 cm³/mol. The average molecular weight is 281 g/mol. The minimum Gasteiger partial charge on any atom is -0.465 e. The molecule has 0 aromatic rings. The van der Waals surface area contributed by atoms with Crippen LogP contribution in [-0.2, 0) is 19.1 Å². The maximum absolute atomic E-state index is 11.3. The first-order valence-electron chi connectivity index (χ1n) is 4.84. The van der Waals surface area contributed by atoms with E-state index in [0.717, 1.165) is 0 Å². The van der Waals surface area contributed by atoms with Gasteiger partial charge < -0.3 is 9.47 Å². The van der Waals surface area contributed by atoms with Gasteiger partial charge in [0.05, 0.1) is 13.0 Å². The summed E-state index contributed by atoms with van der Waals surface area (Å²) < 4.78 is 9.86. The van der Waals surface area contributed by atoms with Crippen LogP contribution in [0.1, 0.15) is 27.2 Å². The summed E-state index contributed by atoms with van der Waals surface area (Å²) in [6.45, 7) is 5.63. The average Bonchev–Trinajstić information content (AvgIpc) is 2.13. The highest BCUT2D eigenvalue weighted by Crippen LogP contribution is 2.05. The standard InChI is InChI=1S/C10H17BrO4/c1-7(2)6-14-10(13)4-9(5-11)15-8(3)12/h7,9H,4-6H2,1-3H3. The summed E-state index contributed by atoms with van der Waals surface area (Å²) in [6, 6.07) is 0. The van der Waals surface area contributed by atoms with Crippen LogP contribution in [0, 0.1) is 5.92 Å². The van der Waals surface area contributed by atoms with Crippen LogP contribution in [0.3, 0.4) is 0 Å². The fourth-order valence-electron chi connectivity index (χ4n) is 0.867. The number of alkyl halides is 1. The van der Waals surface area contributed by atoms with E-state index in [-0.39, 0.29) is 12.4 Å². The van der Waals surface area contributed by atoms with Crippen molar-refractivity contribution in [2.75, 3.05) is 11.9 Å². The molecule has 0 saturated heterocycles. The molecule has 0 aromatic carbocycles. The minimum atomic E-state index is -0.442. The van der Waals surface area contributed by atoms with Crippen LogP contribution in [0.25, 0.3) is 0 Å². The lowest BCUT2D eigenvalue weighted by atomic mass is 10.2. The minimum absolute atomic E-state index is 0.0948. The van der Waals surface area contributed by atoms with Gasteiger partial charge in [-0.25, -0.2) is 0 Å². The van der Waals surface area contributed by atoms with Gasteiger partial charge in [-0.2, -0.15) is 0 Å². The molecular weight excluding hydrogens is 264 g/mol. The Kier molecular flexibility index (Phi) is 7.38. The normalized spacial score (nSPS) is 12.3. The highest BCUT2D eigenvalue weighted by Gasteiger charge is 2.16. The second kappa shape index (κ2) is 7.68. The van der Waals surface area contributed by atoms with Gasteiger partial charge >= 0.3 is 11.9 Å². The summed E-state index contributed by atoms with van der Waals surface area (Å²) in [5.74, 6) is -0.421. The molecule has 88 valence electrons. The quantitative estimate of drug-likeness (QED) is 0.551. The van der Waals surface area contributed by atoms with Crippen LogP contribution >= 0.6 is 15.9 Å². The molecule has 15 heavy (non-hydrogen) atoms. The maximum atomic E-state index is 11.3. The largest absolute Gasteiger partial charge is 0.465 e. The number of carbonyl (C=O) groups is 2. The fraction of sp³-hybridized carbons (Fsp3) is 0.800. The van der Waals surface area contributed by atoms with E-state index in [0.29, 0.717) is 17.9 Å². The Morgan fingerprint density at radius 1 is 1.33 bits per heavy atom. The van der Waals surface area contributed by atoms with Gasteiger partial charge in [-0.1, -0.05) is 29.8 Å². The van der Waals surface area contributed by atoms with Gasteiger partial charge in [0.15, 0.2) is 0 Å². The van der Waals surface area contributed by atoms with Crippen molar-refractivity contribution >= 4 is 27.9 Å². The molecular formula is C10H17BrO4. The summed E-state index contributed by atoms with van der Waals surface area (Å²) in [7, 11) is 0. The lowest BCUT2D eigenvalue weighted by Crippen LogP contribution is -2.23. The smallest absolute Gasteiger partial charge is 0.309 e. The molecule has 0 aliphatic carbocycles. The Morgan fingerprint density at radius 2 is 1.93 bits per heavy atom. The summed E-state index contributed by atoms with van der Waals surface area (Å²) in [4.78, 5) is 21.9. The molecule has 5 heteroatoms. The van der Waals surface area contributed by atoms with E-state index in [9.17, 15) is 9.59 Å². The lowest BCUT2D eigenvalue weighted by molar-refractivity contribution is -0.152. The number of carbonyl (C=O) groups excluding carboxylic acids is 2. The molecule has 0 bridgehead atoms. The molecule has 0 radical (unpaired) electrons. The summed E-state index contributed by atoms with van der Waals surface area (Å²) in [5, 5.41) is 0.434. The lowest BCUT2D eigenvalue weighted by Gasteiger charge is -2.14. The number of esters is 2. The molecule has 0 fully saturated rings. The first-order valence-corrected chi connectivity index (χ1v) is 5.96. The zero-order valence-corrected chi connectivity index (χ0v) is 10.9. The van der Waals surface area contributed by atoms with E-state index in [1.54, 1.807) is 0 Å². The van der Waals surface area contributed by atoms with Gasteiger partial charge in [0, 0.05) is 12.3 Å². The monoisotopic (exact) mass is 280 g/mol. The third kappa shape index (κ3) is 8.42. The topological polar surface area (TPSA) is 52.6 Å². The number of hydrogen-bond acceptors (Lipinski definition) is 4. The molecule has 0 amide bonds. The molecule has 4 nitrogen and oxygen atoms in total. The number of ether oxygens (including phenoxy) is 2. The van der Waals surface area contributed by atoms with Crippen LogP contribution in [0.4, 0.5) is 0 Å². The molecule has 0 heterocycles. The van der Waals surface area contributed by atoms with E-state index in [4.69, 9.17) is 9.47 Å².